The van der Waals surface area contributed by atoms with Gasteiger partial charge in [0, 0.05) is 11.6 Å². The Morgan fingerprint density at radius 1 is 0.935 bits per heavy atom. The Bertz CT molecular complexity index is 1450. The number of benzene rings is 1. The highest BCUT2D eigenvalue weighted by atomic mass is 32.2. The van der Waals surface area contributed by atoms with Crippen molar-refractivity contribution in [1.29, 1.82) is 0 Å². The highest BCUT2D eigenvalue weighted by molar-refractivity contribution is 7.98. The molecule has 1 aromatic carbocycles. The maximum absolute atomic E-state index is 4.61. The van der Waals surface area contributed by atoms with Crippen LogP contribution in [0.1, 0.15) is 17.0 Å². The summed E-state index contributed by atoms with van der Waals surface area (Å²) in [5.41, 5.74) is 4.88. The molecule has 0 radical (unpaired) electrons. The molecular weight excluding hydrogens is 412 g/mol. The summed E-state index contributed by atoms with van der Waals surface area (Å²) in [5.74, 6) is 1.26. The zero-order chi connectivity index (χ0) is 21.5. The number of nitrogens with one attached hydrogen (secondary N) is 1. The fraction of sp³-hybridized carbons (Fsp3) is 0.200. The van der Waals surface area contributed by atoms with Crippen molar-refractivity contribution in [2.75, 3.05) is 11.6 Å². The van der Waals surface area contributed by atoms with Crippen LogP contribution < -0.4 is 5.32 Å². The second-order valence-electron chi connectivity index (χ2n) is 6.99. The van der Waals surface area contributed by atoms with Gasteiger partial charge in [0.05, 0.1) is 22.6 Å². The molecule has 154 valence electrons. The molecule has 0 saturated carbocycles. The zero-order valence-corrected chi connectivity index (χ0v) is 18.1. The summed E-state index contributed by atoms with van der Waals surface area (Å²) in [6, 6.07) is 7.89. The van der Waals surface area contributed by atoms with Gasteiger partial charge >= 0.3 is 0 Å². The predicted octanol–water partition coefficient (Wildman–Crippen LogP) is 3.31. The van der Waals surface area contributed by atoms with Crippen LogP contribution in [-0.4, -0.2) is 51.0 Å². The number of hydrogen-bond donors (Lipinski definition) is 1. The van der Waals surface area contributed by atoms with Crippen LogP contribution >= 0.6 is 11.8 Å². The van der Waals surface area contributed by atoms with Crippen LogP contribution in [0.5, 0.6) is 0 Å². The molecule has 0 amide bonds. The lowest BCUT2D eigenvalue weighted by Gasteiger charge is -2.09. The maximum atomic E-state index is 4.61. The topological polar surface area (TPSA) is 120 Å². The van der Waals surface area contributed by atoms with Crippen LogP contribution in [0.3, 0.4) is 0 Å². The van der Waals surface area contributed by atoms with E-state index in [0.717, 1.165) is 27.9 Å². The molecule has 0 fully saturated rings. The summed E-state index contributed by atoms with van der Waals surface area (Å²) in [7, 11) is 0. The number of rotatable bonds is 4. The summed E-state index contributed by atoms with van der Waals surface area (Å²) < 4.78 is 1.67. The molecule has 5 rings (SSSR count). The molecule has 31 heavy (non-hydrogen) atoms. The largest absolute Gasteiger partial charge is 0.293 e. The molecule has 4 aromatic heterocycles. The second kappa shape index (κ2) is 7.51. The Kier molecular flexibility index (Phi) is 4.66. The number of aromatic nitrogens is 9. The summed E-state index contributed by atoms with van der Waals surface area (Å²) in [5, 5.41) is 17.7. The molecule has 5 aromatic rings. The lowest BCUT2D eigenvalue weighted by molar-refractivity contribution is 0.824. The molecule has 10 nitrogen and oxygen atoms in total. The zero-order valence-electron chi connectivity index (χ0n) is 17.3. The van der Waals surface area contributed by atoms with Crippen molar-refractivity contribution in [3.63, 3.8) is 0 Å². The van der Waals surface area contributed by atoms with Crippen LogP contribution in [0, 0.1) is 20.8 Å². The van der Waals surface area contributed by atoms with E-state index in [4.69, 9.17) is 0 Å². The first-order chi connectivity index (χ1) is 15.0. The van der Waals surface area contributed by atoms with Crippen molar-refractivity contribution in [2.45, 2.75) is 25.9 Å². The monoisotopic (exact) mass is 430 g/mol. The predicted molar refractivity (Wildman–Crippen MR) is 118 cm³/mol. The van der Waals surface area contributed by atoms with Crippen molar-refractivity contribution >= 4 is 40.3 Å². The van der Waals surface area contributed by atoms with E-state index in [0.29, 0.717) is 34.2 Å². The normalized spacial score (nSPS) is 11.4. The smallest absolute Gasteiger partial charge is 0.272 e. The van der Waals surface area contributed by atoms with Gasteiger partial charge in [-0.25, -0.2) is 19.9 Å². The van der Waals surface area contributed by atoms with Gasteiger partial charge in [-0.1, -0.05) is 23.9 Å². The lowest BCUT2D eigenvalue weighted by atomic mass is 10.1. The molecule has 1 N–H and O–H groups in total. The SMILES string of the molecule is CSc1nc2nnc(-c3ccnc(Nc4nc(C)c5ccc(C)cc5n4)n3)c(C)n2n1. The summed E-state index contributed by atoms with van der Waals surface area (Å²) in [6.07, 6.45) is 3.57. The van der Waals surface area contributed by atoms with Crippen LogP contribution in [0.25, 0.3) is 28.1 Å². The number of hydrogen-bond acceptors (Lipinski definition) is 10. The minimum atomic E-state index is 0.369. The highest BCUT2D eigenvalue weighted by Crippen LogP contribution is 2.22. The molecule has 0 bridgehead atoms. The second-order valence-corrected chi connectivity index (χ2v) is 7.76. The van der Waals surface area contributed by atoms with Crippen LogP contribution in [-0.2, 0) is 0 Å². The number of nitrogens with zero attached hydrogens (tertiary/aromatic N) is 9. The van der Waals surface area contributed by atoms with E-state index in [1.54, 1.807) is 16.8 Å². The van der Waals surface area contributed by atoms with E-state index in [1.807, 2.05) is 39.2 Å². The Hall–Kier alpha value is -3.73. The van der Waals surface area contributed by atoms with Crippen molar-refractivity contribution < 1.29 is 0 Å². The highest BCUT2D eigenvalue weighted by Gasteiger charge is 2.15. The molecule has 0 aliphatic heterocycles. The molecule has 0 aliphatic carbocycles. The summed E-state index contributed by atoms with van der Waals surface area (Å²) in [4.78, 5) is 22.4. The third-order valence-electron chi connectivity index (χ3n) is 4.82. The number of fused-ring (bicyclic) bond motifs is 2. The lowest BCUT2D eigenvalue weighted by Crippen LogP contribution is -2.06. The van der Waals surface area contributed by atoms with E-state index >= 15 is 0 Å². The van der Waals surface area contributed by atoms with Gasteiger partial charge in [0.15, 0.2) is 0 Å². The third kappa shape index (κ3) is 3.52. The summed E-state index contributed by atoms with van der Waals surface area (Å²) >= 11 is 1.45. The van der Waals surface area contributed by atoms with Crippen molar-refractivity contribution in [3.05, 3.63) is 47.4 Å². The third-order valence-corrected chi connectivity index (χ3v) is 5.36. The minimum Gasteiger partial charge on any atom is -0.293 e. The Labute approximate surface area is 181 Å². The average Bonchev–Trinajstić information content (AvgIpc) is 3.18. The van der Waals surface area contributed by atoms with E-state index in [2.05, 4.69) is 51.6 Å². The van der Waals surface area contributed by atoms with E-state index in [9.17, 15) is 0 Å². The van der Waals surface area contributed by atoms with Gasteiger partial charge in [-0.3, -0.25) is 5.32 Å². The van der Waals surface area contributed by atoms with Gasteiger partial charge in [0.25, 0.3) is 5.78 Å². The number of anilines is 2. The standard InChI is InChI=1S/C20H18N10S/c1-10-5-6-13-11(2)22-18(24-15(13)9-10)25-17-21-8-7-14(23-17)16-12(3)30-19(28-27-16)26-20(29-30)31-4/h5-9H,1-4H3,(H,21,22,23,24,25). The fourth-order valence-corrected chi connectivity index (χ4v) is 3.61. The Morgan fingerprint density at radius 2 is 1.81 bits per heavy atom. The first-order valence-electron chi connectivity index (χ1n) is 9.51. The molecular formula is C20H18N10S. The summed E-state index contributed by atoms with van der Waals surface area (Å²) in [6.45, 7) is 5.90. The van der Waals surface area contributed by atoms with Gasteiger partial charge in [0.1, 0.15) is 5.69 Å². The van der Waals surface area contributed by atoms with Crippen molar-refractivity contribution in [2.24, 2.45) is 0 Å². The van der Waals surface area contributed by atoms with Gasteiger partial charge in [-0.05, 0) is 44.7 Å². The van der Waals surface area contributed by atoms with Gasteiger partial charge < -0.3 is 0 Å². The molecule has 0 unspecified atom stereocenters. The quantitative estimate of drug-likeness (QED) is 0.425. The number of aryl methyl sites for hydroxylation is 3. The molecule has 0 aliphatic rings. The first-order valence-corrected chi connectivity index (χ1v) is 10.7. The molecule has 0 spiro atoms. The molecule has 0 atom stereocenters. The first kappa shape index (κ1) is 19.2. The van der Waals surface area contributed by atoms with Gasteiger partial charge in [-0.15, -0.1) is 15.3 Å². The molecule has 4 heterocycles. The van der Waals surface area contributed by atoms with E-state index in [1.165, 1.54) is 11.8 Å². The molecule has 11 heteroatoms. The Morgan fingerprint density at radius 3 is 2.65 bits per heavy atom. The van der Waals surface area contributed by atoms with E-state index < -0.39 is 0 Å². The van der Waals surface area contributed by atoms with Gasteiger partial charge in [-0.2, -0.15) is 9.50 Å². The molecule has 0 saturated heterocycles. The van der Waals surface area contributed by atoms with Crippen molar-refractivity contribution in [1.82, 2.24) is 44.7 Å². The van der Waals surface area contributed by atoms with Gasteiger partial charge in [0.2, 0.25) is 17.1 Å². The van der Waals surface area contributed by atoms with Crippen LogP contribution in [0.2, 0.25) is 0 Å². The average molecular weight is 431 g/mol. The van der Waals surface area contributed by atoms with Crippen LogP contribution in [0.15, 0.2) is 35.6 Å². The van der Waals surface area contributed by atoms with Crippen molar-refractivity contribution in [3.8, 4) is 11.4 Å². The minimum absolute atomic E-state index is 0.369. The Balaban J connectivity index is 1.52. The fourth-order valence-electron chi connectivity index (χ4n) is 3.27. The van der Waals surface area contributed by atoms with Crippen LogP contribution in [0.4, 0.5) is 11.9 Å². The maximum Gasteiger partial charge on any atom is 0.272 e. The number of thioether (sulfide) groups is 1. The van der Waals surface area contributed by atoms with E-state index in [-0.39, 0.29) is 0 Å².